The first kappa shape index (κ1) is 11.9. The fourth-order valence-corrected chi connectivity index (χ4v) is 1.68. The van der Waals surface area contributed by atoms with Crippen LogP contribution in [0.2, 0.25) is 0 Å². The topological polar surface area (TPSA) is 26.3 Å². The van der Waals surface area contributed by atoms with Gasteiger partial charge in [-0.15, -0.1) is 0 Å². The van der Waals surface area contributed by atoms with Gasteiger partial charge < -0.3 is 4.74 Å². The van der Waals surface area contributed by atoms with E-state index in [4.69, 9.17) is 4.74 Å². The van der Waals surface area contributed by atoms with Gasteiger partial charge in [-0.2, -0.15) is 0 Å². The molecule has 2 aromatic carbocycles. The number of ether oxygens (including phenoxy) is 1. The smallest absolute Gasteiger partial charge is 0.159 e. The number of hydrogen-bond acceptors (Lipinski definition) is 2. The fraction of sp³-hybridized carbons (Fsp3) is 0.0714. The third-order valence-electron chi connectivity index (χ3n) is 2.29. The molecule has 2 aromatic rings. The van der Waals surface area contributed by atoms with Crippen LogP contribution in [-0.4, -0.2) is 5.78 Å². The summed E-state index contributed by atoms with van der Waals surface area (Å²) in [6, 6.07) is 14.7. The second-order valence-corrected chi connectivity index (χ2v) is 4.56. The average Bonchev–Trinajstić information content (AvgIpc) is 2.32. The first-order valence-corrected chi connectivity index (χ1v) is 5.99. The van der Waals surface area contributed by atoms with E-state index in [1.165, 1.54) is 0 Å². The average molecular weight is 291 g/mol. The normalized spacial score (nSPS) is 10.0. The highest BCUT2D eigenvalue weighted by atomic mass is 79.9. The van der Waals surface area contributed by atoms with Crippen molar-refractivity contribution in [2.75, 3.05) is 0 Å². The van der Waals surface area contributed by atoms with Gasteiger partial charge in [0, 0.05) is 10.0 Å². The van der Waals surface area contributed by atoms with Gasteiger partial charge in [0.05, 0.1) is 0 Å². The van der Waals surface area contributed by atoms with Crippen LogP contribution >= 0.6 is 15.9 Å². The zero-order valence-corrected chi connectivity index (χ0v) is 10.9. The molecule has 0 aliphatic carbocycles. The predicted octanol–water partition coefficient (Wildman–Crippen LogP) is 4.44. The van der Waals surface area contributed by atoms with Crippen molar-refractivity contribution in [2.24, 2.45) is 0 Å². The van der Waals surface area contributed by atoms with E-state index in [0.29, 0.717) is 11.3 Å². The molecule has 0 radical (unpaired) electrons. The third-order valence-corrected chi connectivity index (χ3v) is 2.82. The Morgan fingerprint density at radius 3 is 2.41 bits per heavy atom. The maximum Gasteiger partial charge on any atom is 0.159 e. The summed E-state index contributed by atoms with van der Waals surface area (Å²) in [5, 5.41) is 0. The minimum Gasteiger partial charge on any atom is -0.457 e. The Labute approximate surface area is 108 Å². The molecule has 0 amide bonds. The Hall–Kier alpha value is -1.61. The lowest BCUT2D eigenvalue weighted by molar-refractivity contribution is 0.101. The Balaban J connectivity index is 2.21. The summed E-state index contributed by atoms with van der Waals surface area (Å²) in [6.45, 7) is 1.54. The van der Waals surface area contributed by atoms with Gasteiger partial charge >= 0.3 is 0 Å². The van der Waals surface area contributed by atoms with Gasteiger partial charge in [0.2, 0.25) is 0 Å². The molecule has 0 unspecified atom stereocenters. The molecule has 17 heavy (non-hydrogen) atoms. The minimum atomic E-state index is 0.0336. The van der Waals surface area contributed by atoms with Crippen molar-refractivity contribution < 1.29 is 9.53 Å². The number of carbonyl (C=O) groups excluding carboxylic acids is 1. The standard InChI is InChI=1S/C14H11BrO2/c1-10(16)11-3-2-4-14(9-11)17-13-7-5-12(15)6-8-13/h2-9H,1H3. The van der Waals surface area contributed by atoms with Crippen LogP contribution in [-0.2, 0) is 0 Å². The number of Topliss-reactive ketones (excluding diaryl/α,β-unsaturated/α-hetero) is 1. The SMILES string of the molecule is CC(=O)c1cccc(Oc2ccc(Br)cc2)c1. The fourth-order valence-electron chi connectivity index (χ4n) is 1.42. The number of ketones is 1. The molecule has 86 valence electrons. The first-order chi connectivity index (χ1) is 8.15. The molecule has 0 fully saturated rings. The number of carbonyl (C=O) groups is 1. The second-order valence-electron chi connectivity index (χ2n) is 3.64. The van der Waals surface area contributed by atoms with Crippen LogP contribution in [0.5, 0.6) is 11.5 Å². The van der Waals surface area contributed by atoms with Crippen LogP contribution in [0.15, 0.2) is 53.0 Å². The van der Waals surface area contributed by atoms with Gasteiger partial charge in [0.1, 0.15) is 11.5 Å². The Morgan fingerprint density at radius 1 is 1.06 bits per heavy atom. The molecule has 0 saturated heterocycles. The van der Waals surface area contributed by atoms with E-state index in [0.717, 1.165) is 10.2 Å². The van der Waals surface area contributed by atoms with Crippen molar-refractivity contribution >= 4 is 21.7 Å². The largest absolute Gasteiger partial charge is 0.457 e. The Morgan fingerprint density at radius 2 is 1.76 bits per heavy atom. The minimum absolute atomic E-state index is 0.0336. The van der Waals surface area contributed by atoms with Gasteiger partial charge in [0.15, 0.2) is 5.78 Å². The van der Waals surface area contributed by atoms with Crippen molar-refractivity contribution in [1.29, 1.82) is 0 Å². The van der Waals surface area contributed by atoms with E-state index in [9.17, 15) is 4.79 Å². The highest BCUT2D eigenvalue weighted by molar-refractivity contribution is 9.10. The van der Waals surface area contributed by atoms with E-state index < -0.39 is 0 Å². The number of benzene rings is 2. The zero-order chi connectivity index (χ0) is 12.3. The second kappa shape index (κ2) is 5.15. The van der Waals surface area contributed by atoms with Crippen LogP contribution in [0.1, 0.15) is 17.3 Å². The van der Waals surface area contributed by atoms with Crippen molar-refractivity contribution in [2.45, 2.75) is 6.92 Å². The number of rotatable bonds is 3. The molecule has 2 nitrogen and oxygen atoms in total. The molecular weight excluding hydrogens is 280 g/mol. The molecule has 0 atom stereocenters. The quantitative estimate of drug-likeness (QED) is 0.781. The maximum absolute atomic E-state index is 11.2. The van der Waals surface area contributed by atoms with Gasteiger partial charge in [-0.1, -0.05) is 28.1 Å². The molecule has 0 aliphatic rings. The highest BCUT2D eigenvalue weighted by Crippen LogP contribution is 2.23. The van der Waals surface area contributed by atoms with Crippen LogP contribution in [0, 0.1) is 0 Å². The van der Waals surface area contributed by atoms with Gasteiger partial charge in [0.25, 0.3) is 0 Å². The molecule has 0 aromatic heterocycles. The Bertz CT molecular complexity index is 532. The van der Waals surface area contributed by atoms with E-state index in [2.05, 4.69) is 15.9 Å². The van der Waals surface area contributed by atoms with Crippen molar-refractivity contribution in [3.8, 4) is 11.5 Å². The van der Waals surface area contributed by atoms with Crippen LogP contribution in [0.4, 0.5) is 0 Å². The van der Waals surface area contributed by atoms with Gasteiger partial charge in [-0.05, 0) is 43.3 Å². The van der Waals surface area contributed by atoms with Crippen LogP contribution in [0.25, 0.3) is 0 Å². The first-order valence-electron chi connectivity index (χ1n) is 5.19. The highest BCUT2D eigenvalue weighted by Gasteiger charge is 2.02. The molecule has 3 heteroatoms. The molecule has 2 rings (SSSR count). The molecule has 0 bridgehead atoms. The summed E-state index contributed by atoms with van der Waals surface area (Å²) >= 11 is 3.36. The van der Waals surface area contributed by atoms with E-state index in [1.807, 2.05) is 36.4 Å². The molecule has 0 saturated carbocycles. The lowest BCUT2D eigenvalue weighted by Crippen LogP contribution is -1.92. The summed E-state index contributed by atoms with van der Waals surface area (Å²) < 4.78 is 6.65. The van der Waals surface area contributed by atoms with Gasteiger partial charge in [-0.25, -0.2) is 0 Å². The van der Waals surface area contributed by atoms with Crippen molar-refractivity contribution in [3.63, 3.8) is 0 Å². The molecular formula is C14H11BrO2. The van der Waals surface area contributed by atoms with Crippen molar-refractivity contribution in [1.82, 2.24) is 0 Å². The number of halogens is 1. The molecule has 0 spiro atoms. The summed E-state index contributed by atoms with van der Waals surface area (Å²) in [5.41, 5.74) is 0.652. The maximum atomic E-state index is 11.2. The van der Waals surface area contributed by atoms with Crippen LogP contribution in [0.3, 0.4) is 0 Å². The lowest BCUT2D eigenvalue weighted by atomic mass is 10.1. The summed E-state index contributed by atoms with van der Waals surface area (Å²) in [5.74, 6) is 1.44. The van der Waals surface area contributed by atoms with E-state index in [-0.39, 0.29) is 5.78 Å². The van der Waals surface area contributed by atoms with Gasteiger partial charge in [-0.3, -0.25) is 4.79 Å². The monoisotopic (exact) mass is 290 g/mol. The third kappa shape index (κ3) is 3.17. The Kier molecular flexibility index (Phi) is 3.59. The number of hydrogen-bond donors (Lipinski definition) is 0. The van der Waals surface area contributed by atoms with Crippen molar-refractivity contribution in [3.05, 3.63) is 58.6 Å². The van der Waals surface area contributed by atoms with E-state index >= 15 is 0 Å². The van der Waals surface area contributed by atoms with Crippen LogP contribution < -0.4 is 4.74 Å². The molecule has 0 aliphatic heterocycles. The molecule has 0 N–H and O–H groups in total. The van der Waals surface area contributed by atoms with E-state index in [1.54, 1.807) is 19.1 Å². The molecule has 0 heterocycles. The lowest BCUT2D eigenvalue weighted by Gasteiger charge is -2.06. The summed E-state index contributed by atoms with van der Waals surface area (Å²) in [7, 11) is 0. The summed E-state index contributed by atoms with van der Waals surface area (Å²) in [6.07, 6.45) is 0. The summed E-state index contributed by atoms with van der Waals surface area (Å²) in [4.78, 5) is 11.2. The predicted molar refractivity (Wildman–Crippen MR) is 70.7 cm³/mol. The zero-order valence-electron chi connectivity index (χ0n) is 9.31.